The lowest BCUT2D eigenvalue weighted by Gasteiger charge is -2.13. The number of nitro benzene ring substituents is 1. The van der Waals surface area contributed by atoms with Crippen LogP contribution < -0.4 is 15.2 Å². The van der Waals surface area contributed by atoms with Gasteiger partial charge >= 0.3 is 5.97 Å². The minimum atomic E-state index is -1.07. The molecule has 0 saturated heterocycles. The number of hydrogen-bond acceptors (Lipinski definition) is 6. The highest BCUT2D eigenvalue weighted by atomic mass is 16.6. The first-order chi connectivity index (χ1) is 11.9. The number of carboxylic acid groups (broad SMARTS) is 1. The zero-order chi connectivity index (χ0) is 18.4. The predicted molar refractivity (Wildman–Crippen MR) is 89.7 cm³/mol. The van der Waals surface area contributed by atoms with Crippen molar-refractivity contribution in [3.63, 3.8) is 0 Å². The Labute approximate surface area is 143 Å². The molecule has 8 nitrogen and oxygen atoms in total. The Morgan fingerprint density at radius 3 is 2.52 bits per heavy atom. The Balaban J connectivity index is 2.11. The maximum absolute atomic E-state index is 10.9. The molecule has 0 bridgehead atoms. The monoisotopic (exact) mass is 346 g/mol. The number of rotatable bonds is 8. The van der Waals surface area contributed by atoms with Gasteiger partial charge < -0.3 is 20.3 Å². The second-order valence-corrected chi connectivity index (χ2v) is 5.33. The molecule has 0 fully saturated rings. The van der Waals surface area contributed by atoms with Crippen molar-refractivity contribution in [1.82, 2.24) is 0 Å². The Hall–Kier alpha value is -3.13. The normalized spacial score (nSPS) is 11.6. The van der Waals surface area contributed by atoms with E-state index in [9.17, 15) is 14.9 Å². The third-order valence-electron chi connectivity index (χ3n) is 3.56. The van der Waals surface area contributed by atoms with Crippen LogP contribution in [0.5, 0.6) is 11.5 Å². The average molecular weight is 346 g/mol. The zero-order valence-electron chi connectivity index (χ0n) is 13.5. The molecule has 3 N–H and O–H groups in total. The molecule has 0 radical (unpaired) electrons. The third-order valence-corrected chi connectivity index (χ3v) is 3.56. The molecule has 1 atom stereocenters. The Kier molecular flexibility index (Phi) is 5.91. The van der Waals surface area contributed by atoms with Crippen LogP contribution >= 0.6 is 0 Å². The van der Waals surface area contributed by atoms with Crippen molar-refractivity contribution < 1.29 is 24.3 Å². The summed E-state index contributed by atoms with van der Waals surface area (Å²) in [6, 6.07) is 9.98. The minimum absolute atomic E-state index is 0.0189. The van der Waals surface area contributed by atoms with Crippen LogP contribution in [0, 0.1) is 10.1 Å². The molecule has 0 spiro atoms. The molecule has 0 heterocycles. The Morgan fingerprint density at radius 2 is 1.96 bits per heavy atom. The fourth-order valence-electron chi connectivity index (χ4n) is 2.24. The molecule has 8 heteroatoms. The zero-order valence-corrected chi connectivity index (χ0v) is 13.5. The third kappa shape index (κ3) is 4.92. The average Bonchev–Trinajstić information content (AvgIpc) is 2.60. The predicted octanol–water partition coefficient (Wildman–Crippen LogP) is 2.14. The number of hydrogen-bond donors (Lipinski definition) is 2. The van der Waals surface area contributed by atoms with Crippen molar-refractivity contribution >= 4 is 11.7 Å². The summed E-state index contributed by atoms with van der Waals surface area (Å²) in [5, 5.41) is 19.5. The molecule has 2 aromatic rings. The molecular formula is C17H18N2O6. The van der Waals surface area contributed by atoms with Gasteiger partial charge in [0, 0.05) is 17.7 Å². The molecule has 1 unspecified atom stereocenters. The number of nitro groups is 1. The second-order valence-electron chi connectivity index (χ2n) is 5.33. The number of methoxy groups -OCH3 is 1. The molecule has 2 rings (SSSR count). The highest BCUT2D eigenvalue weighted by Crippen LogP contribution is 2.24. The van der Waals surface area contributed by atoms with Crippen LogP contribution in [-0.2, 0) is 17.8 Å². The fourth-order valence-corrected chi connectivity index (χ4v) is 2.24. The Morgan fingerprint density at radius 1 is 1.28 bits per heavy atom. The molecule has 132 valence electrons. The van der Waals surface area contributed by atoms with Crippen LogP contribution in [0.2, 0.25) is 0 Å². The number of ether oxygens (including phenoxy) is 2. The fraction of sp³-hybridized carbons (Fsp3) is 0.235. The van der Waals surface area contributed by atoms with E-state index in [1.807, 2.05) is 0 Å². The van der Waals surface area contributed by atoms with Gasteiger partial charge in [-0.2, -0.15) is 0 Å². The maximum Gasteiger partial charge on any atom is 0.320 e. The van der Waals surface area contributed by atoms with Crippen LogP contribution in [0.3, 0.4) is 0 Å². The van der Waals surface area contributed by atoms with Gasteiger partial charge in [-0.15, -0.1) is 0 Å². The summed E-state index contributed by atoms with van der Waals surface area (Å²) in [6.45, 7) is 0.164. The van der Waals surface area contributed by atoms with Gasteiger partial charge in [0.15, 0.2) is 0 Å². The SMILES string of the molecule is COc1ccc(CC(N)C(=O)O)cc1COc1ccc([N+](=O)[O-])cc1. The Bertz CT molecular complexity index is 760. The largest absolute Gasteiger partial charge is 0.496 e. The van der Waals surface area contributed by atoms with Crippen molar-refractivity contribution in [3.8, 4) is 11.5 Å². The lowest BCUT2D eigenvalue weighted by molar-refractivity contribution is -0.384. The maximum atomic E-state index is 10.9. The number of nitrogens with zero attached hydrogens (tertiary/aromatic N) is 1. The van der Waals surface area contributed by atoms with Gasteiger partial charge in [0.1, 0.15) is 24.1 Å². The molecule has 2 aromatic carbocycles. The molecule has 0 aliphatic heterocycles. The first-order valence-electron chi connectivity index (χ1n) is 7.42. The van der Waals surface area contributed by atoms with Gasteiger partial charge in [-0.25, -0.2) is 0 Å². The van der Waals surface area contributed by atoms with Crippen LogP contribution in [0.4, 0.5) is 5.69 Å². The number of non-ortho nitro benzene ring substituents is 1. The van der Waals surface area contributed by atoms with E-state index in [0.29, 0.717) is 11.5 Å². The molecule has 0 aliphatic rings. The van der Waals surface area contributed by atoms with Crippen molar-refractivity contribution in [1.29, 1.82) is 0 Å². The van der Waals surface area contributed by atoms with Gasteiger partial charge in [-0.3, -0.25) is 14.9 Å². The number of aliphatic carboxylic acids is 1. The molecule has 25 heavy (non-hydrogen) atoms. The second kappa shape index (κ2) is 8.11. The van der Waals surface area contributed by atoms with Gasteiger partial charge in [-0.1, -0.05) is 6.07 Å². The van der Waals surface area contributed by atoms with E-state index >= 15 is 0 Å². The summed E-state index contributed by atoms with van der Waals surface area (Å²) in [6.07, 6.45) is 0.184. The summed E-state index contributed by atoms with van der Waals surface area (Å²) in [5.41, 5.74) is 7.00. The summed E-state index contributed by atoms with van der Waals surface area (Å²) in [4.78, 5) is 21.0. The van der Waals surface area contributed by atoms with E-state index in [1.165, 1.54) is 31.4 Å². The van der Waals surface area contributed by atoms with Crippen LogP contribution in [0.1, 0.15) is 11.1 Å². The van der Waals surface area contributed by atoms with Crippen LogP contribution in [-0.4, -0.2) is 29.2 Å². The van der Waals surface area contributed by atoms with E-state index in [1.54, 1.807) is 18.2 Å². The minimum Gasteiger partial charge on any atom is -0.496 e. The topological polar surface area (TPSA) is 125 Å². The van der Waals surface area contributed by atoms with Crippen molar-refractivity contribution in [2.75, 3.05) is 7.11 Å². The summed E-state index contributed by atoms with van der Waals surface area (Å²) < 4.78 is 10.9. The number of benzene rings is 2. The summed E-state index contributed by atoms with van der Waals surface area (Å²) >= 11 is 0. The number of nitrogens with two attached hydrogens (primary N) is 1. The van der Waals surface area contributed by atoms with Crippen LogP contribution in [0.25, 0.3) is 0 Å². The molecular weight excluding hydrogens is 328 g/mol. The van der Waals surface area contributed by atoms with E-state index < -0.39 is 16.9 Å². The lowest BCUT2D eigenvalue weighted by Crippen LogP contribution is -2.32. The van der Waals surface area contributed by atoms with Gasteiger partial charge in [-0.05, 0) is 36.2 Å². The smallest absolute Gasteiger partial charge is 0.320 e. The standard InChI is InChI=1S/C17H18N2O6/c1-24-16-7-2-11(9-15(18)17(20)21)8-12(16)10-25-14-5-3-13(4-6-14)19(22)23/h2-8,15H,9-10,18H2,1H3,(H,20,21). The van der Waals surface area contributed by atoms with Crippen molar-refractivity contribution in [3.05, 3.63) is 63.7 Å². The molecule has 0 saturated carbocycles. The molecule has 0 aliphatic carbocycles. The quantitative estimate of drug-likeness (QED) is 0.554. The lowest BCUT2D eigenvalue weighted by atomic mass is 10.0. The van der Waals surface area contributed by atoms with Crippen molar-refractivity contribution in [2.24, 2.45) is 5.73 Å². The summed E-state index contributed by atoms with van der Waals surface area (Å²) in [5.74, 6) is -0.00523. The van der Waals surface area contributed by atoms with Crippen molar-refractivity contribution in [2.45, 2.75) is 19.1 Å². The van der Waals surface area contributed by atoms with E-state index in [2.05, 4.69) is 0 Å². The first-order valence-corrected chi connectivity index (χ1v) is 7.42. The van der Waals surface area contributed by atoms with E-state index in [0.717, 1.165) is 11.1 Å². The van der Waals surface area contributed by atoms with E-state index in [4.69, 9.17) is 20.3 Å². The van der Waals surface area contributed by atoms with E-state index in [-0.39, 0.29) is 18.7 Å². The highest BCUT2D eigenvalue weighted by molar-refractivity contribution is 5.73. The van der Waals surface area contributed by atoms with Gasteiger partial charge in [0.2, 0.25) is 0 Å². The van der Waals surface area contributed by atoms with Crippen LogP contribution in [0.15, 0.2) is 42.5 Å². The molecule has 0 amide bonds. The molecule has 0 aromatic heterocycles. The number of carboxylic acids is 1. The van der Waals surface area contributed by atoms with Gasteiger partial charge in [0.05, 0.1) is 12.0 Å². The highest BCUT2D eigenvalue weighted by Gasteiger charge is 2.14. The van der Waals surface area contributed by atoms with Gasteiger partial charge in [0.25, 0.3) is 5.69 Å². The summed E-state index contributed by atoms with van der Waals surface area (Å²) in [7, 11) is 1.52. The number of carbonyl (C=O) groups is 1. The first kappa shape index (κ1) is 18.2.